The third-order valence-electron chi connectivity index (χ3n) is 4.25. The molecule has 1 aromatic carbocycles. The van der Waals surface area contributed by atoms with Gasteiger partial charge < -0.3 is 15.0 Å². The number of methoxy groups -OCH3 is 1. The zero-order valence-electron chi connectivity index (χ0n) is 14.8. The van der Waals surface area contributed by atoms with E-state index in [9.17, 15) is 13.2 Å². The third kappa shape index (κ3) is 5.98. The molecule has 0 aromatic heterocycles. The predicted octanol–water partition coefficient (Wildman–Crippen LogP) is 1.48. The van der Waals surface area contributed by atoms with Crippen LogP contribution in [0.4, 0.5) is 4.79 Å². The van der Waals surface area contributed by atoms with Gasteiger partial charge in [-0.25, -0.2) is 17.9 Å². The summed E-state index contributed by atoms with van der Waals surface area (Å²) in [5.41, 5.74) is 1.01. The number of benzene rings is 1. The summed E-state index contributed by atoms with van der Waals surface area (Å²) in [6.45, 7) is 3.93. The molecule has 8 heteroatoms. The molecule has 25 heavy (non-hydrogen) atoms. The van der Waals surface area contributed by atoms with Gasteiger partial charge in [-0.1, -0.05) is 17.7 Å². The minimum Gasteiger partial charge on any atom is -0.380 e. The third-order valence-corrected chi connectivity index (χ3v) is 5.73. The topological polar surface area (TPSA) is 87.7 Å². The Kier molecular flexibility index (Phi) is 7.22. The molecule has 2 N–H and O–H groups in total. The molecule has 7 nitrogen and oxygen atoms in total. The lowest BCUT2D eigenvalue weighted by atomic mass is 10.1. The van der Waals surface area contributed by atoms with Crippen LogP contribution in [0.2, 0.25) is 0 Å². The highest BCUT2D eigenvalue weighted by atomic mass is 32.2. The summed E-state index contributed by atoms with van der Waals surface area (Å²) in [5.74, 6) is 0. The van der Waals surface area contributed by atoms with E-state index in [1.165, 1.54) is 0 Å². The number of amides is 2. The quantitative estimate of drug-likeness (QED) is 0.713. The molecular formula is C17H27N3O4S. The highest BCUT2D eigenvalue weighted by Gasteiger charge is 2.23. The van der Waals surface area contributed by atoms with Gasteiger partial charge >= 0.3 is 6.03 Å². The lowest BCUT2D eigenvalue weighted by Crippen LogP contribution is -2.48. The molecule has 1 heterocycles. The van der Waals surface area contributed by atoms with E-state index in [1.807, 2.05) is 6.92 Å². The van der Waals surface area contributed by atoms with Crippen LogP contribution in [0.3, 0.4) is 0 Å². The Hall–Kier alpha value is -1.64. The number of hydrogen-bond donors (Lipinski definition) is 2. The summed E-state index contributed by atoms with van der Waals surface area (Å²) < 4.78 is 32.1. The van der Waals surface area contributed by atoms with Gasteiger partial charge in [0.15, 0.2) is 0 Å². The summed E-state index contributed by atoms with van der Waals surface area (Å²) in [6, 6.07) is 6.58. The van der Waals surface area contributed by atoms with E-state index in [-0.39, 0.29) is 23.6 Å². The molecule has 0 unspecified atom stereocenters. The van der Waals surface area contributed by atoms with Crippen molar-refractivity contribution in [3.05, 3.63) is 29.8 Å². The van der Waals surface area contributed by atoms with E-state index in [2.05, 4.69) is 10.0 Å². The summed E-state index contributed by atoms with van der Waals surface area (Å²) in [4.78, 5) is 14.1. The van der Waals surface area contributed by atoms with E-state index in [1.54, 1.807) is 36.3 Å². The molecule has 1 aliphatic heterocycles. The molecule has 1 atom stereocenters. The zero-order valence-corrected chi connectivity index (χ0v) is 15.6. The Morgan fingerprint density at radius 1 is 1.28 bits per heavy atom. The van der Waals surface area contributed by atoms with Crippen LogP contribution in [0, 0.1) is 6.92 Å². The van der Waals surface area contributed by atoms with Gasteiger partial charge in [-0.2, -0.15) is 0 Å². The van der Waals surface area contributed by atoms with E-state index in [0.717, 1.165) is 24.9 Å². The lowest BCUT2D eigenvalue weighted by Gasteiger charge is -2.31. The minimum absolute atomic E-state index is 0.0980. The maximum absolute atomic E-state index is 12.1. The number of sulfonamides is 1. The fourth-order valence-corrected chi connectivity index (χ4v) is 3.79. The van der Waals surface area contributed by atoms with Crippen molar-refractivity contribution < 1.29 is 17.9 Å². The van der Waals surface area contributed by atoms with E-state index in [4.69, 9.17) is 4.74 Å². The molecule has 0 spiro atoms. The van der Waals surface area contributed by atoms with Crippen molar-refractivity contribution in [1.29, 1.82) is 0 Å². The maximum atomic E-state index is 12.1. The Morgan fingerprint density at radius 2 is 2.00 bits per heavy atom. The first kappa shape index (κ1) is 19.7. The molecule has 1 aliphatic rings. The van der Waals surface area contributed by atoms with Crippen LogP contribution in [0.15, 0.2) is 29.2 Å². The van der Waals surface area contributed by atoms with Gasteiger partial charge in [-0.15, -0.1) is 0 Å². The number of aryl methyl sites for hydroxylation is 1. The van der Waals surface area contributed by atoms with Crippen molar-refractivity contribution in [2.45, 2.75) is 37.2 Å². The van der Waals surface area contributed by atoms with Crippen molar-refractivity contribution in [3.8, 4) is 0 Å². The maximum Gasteiger partial charge on any atom is 0.317 e. The van der Waals surface area contributed by atoms with Crippen LogP contribution < -0.4 is 10.0 Å². The largest absolute Gasteiger partial charge is 0.380 e. The number of rotatable bonds is 7. The van der Waals surface area contributed by atoms with Crippen LogP contribution in [0.25, 0.3) is 0 Å². The number of carbonyl (C=O) groups is 1. The van der Waals surface area contributed by atoms with Gasteiger partial charge in [0.1, 0.15) is 0 Å². The number of ether oxygens (including phenoxy) is 1. The highest BCUT2D eigenvalue weighted by Crippen LogP contribution is 2.12. The minimum atomic E-state index is -3.50. The summed E-state index contributed by atoms with van der Waals surface area (Å²) >= 11 is 0. The van der Waals surface area contributed by atoms with Crippen LogP contribution in [0.5, 0.6) is 0 Å². The molecule has 1 saturated heterocycles. The standard InChI is InChI=1S/C17H27N3O4S/c1-14-6-8-16(9-7-14)25(22,23)19-11-4-10-18-17(21)20-12-3-5-15(13-20)24-2/h6-9,15,19H,3-5,10-13H2,1-2H3,(H,18,21)/t15-/m0/s1. The number of carbonyl (C=O) groups excluding carboxylic acids is 1. The zero-order chi connectivity index (χ0) is 18.3. The van der Waals surface area contributed by atoms with Crippen molar-refractivity contribution in [2.75, 3.05) is 33.3 Å². The van der Waals surface area contributed by atoms with Crippen LogP contribution in [-0.4, -0.2) is 58.7 Å². The SMILES string of the molecule is CO[C@H]1CCCN(C(=O)NCCCNS(=O)(=O)c2ccc(C)cc2)C1. The number of likely N-dealkylation sites (tertiary alicyclic amines) is 1. The van der Waals surface area contributed by atoms with Crippen LogP contribution >= 0.6 is 0 Å². The fourth-order valence-electron chi connectivity index (χ4n) is 2.72. The number of nitrogens with zero attached hydrogens (tertiary/aromatic N) is 1. The van der Waals surface area contributed by atoms with Gasteiger partial charge in [0.2, 0.25) is 10.0 Å². The Labute approximate surface area is 149 Å². The number of urea groups is 1. The first-order chi connectivity index (χ1) is 11.9. The van der Waals surface area contributed by atoms with E-state index < -0.39 is 10.0 Å². The second-order valence-electron chi connectivity index (χ2n) is 6.24. The van der Waals surface area contributed by atoms with Crippen LogP contribution in [0.1, 0.15) is 24.8 Å². The van der Waals surface area contributed by atoms with Gasteiger partial charge in [0, 0.05) is 33.3 Å². The molecule has 0 aliphatic carbocycles. The number of hydrogen-bond acceptors (Lipinski definition) is 4. The highest BCUT2D eigenvalue weighted by molar-refractivity contribution is 7.89. The van der Waals surface area contributed by atoms with Crippen molar-refractivity contribution >= 4 is 16.1 Å². The lowest BCUT2D eigenvalue weighted by molar-refractivity contribution is 0.0435. The first-order valence-electron chi connectivity index (χ1n) is 8.54. The smallest absolute Gasteiger partial charge is 0.317 e. The molecule has 2 rings (SSSR count). The van der Waals surface area contributed by atoms with Gasteiger partial charge in [-0.3, -0.25) is 0 Å². The predicted molar refractivity (Wildman–Crippen MR) is 96.0 cm³/mol. The summed E-state index contributed by atoms with van der Waals surface area (Å²) in [6.07, 6.45) is 2.53. The van der Waals surface area contributed by atoms with Crippen LogP contribution in [-0.2, 0) is 14.8 Å². The summed E-state index contributed by atoms with van der Waals surface area (Å²) in [5, 5.41) is 2.83. The molecule has 0 radical (unpaired) electrons. The van der Waals surface area contributed by atoms with Gasteiger partial charge in [0.25, 0.3) is 0 Å². The van der Waals surface area contributed by atoms with Crippen molar-refractivity contribution in [1.82, 2.24) is 14.9 Å². The molecule has 1 fully saturated rings. The molecule has 140 valence electrons. The van der Waals surface area contributed by atoms with Crippen molar-refractivity contribution in [3.63, 3.8) is 0 Å². The second-order valence-corrected chi connectivity index (χ2v) is 8.01. The number of piperidine rings is 1. The number of nitrogens with one attached hydrogen (secondary N) is 2. The molecule has 0 saturated carbocycles. The fraction of sp³-hybridized carbons (Fsp3) is 0.588. The Morgan fingerprint density at radius 3 is 2.68 bits per heavy atom. The van der Waals surface area contributed by atoms with Gasteiger partial charge in [0.05, 0.1) is 11.0 Å². The first-order valence-corrected chi connectivity index (χ1v) is 10.0. The molecule has 1 aromatic rings. The Bertz CT molecular complexity index is 661. The Balaban J connectivity index is 1.69. The summed E-state index contributed by atoms with van der Waals surface area (Å²) in [7, 11) is -1.84. The monoisotopic (exact) mass is 369 g/mol. The normalized spacial score (nSPS) is 18.2. The van der Waals surface area contributed by atoms with Crippen molar-refractivity contribution in [2.24, 2.45) is 0 Å². The average molecular weight is 369 g/mol. The van der Waals surface area contributed by atoms with Gasteiger partial charge in [-0.05, 0) is 38.3 Å². The second kappa shape index (κ2) is 9.17. The molecule has 2 amide bonds. The molecule has 0 bridgehead atoms. The molecular weight excluding hydrogens is 342 g/mol. The average Bonchev–Trinajstić information content (AvgIpc) is 2.61. The van der Waals surface area contributed by atoms with E-state index >= 15 is 0 Å². The van der Waals surface area contributed by atoms with E-state index in [0.29, 0.717) is 19.5 Å².